The molecule has 362 valence electrons. The summed E-state index contributed by atoms with van der Waals surface area (Å²) in [5.41, 5.74) is 0. The molecule has 61 heavy (non-hydrogen) atoms. The third-order valence-corrected chi connectivity index (χ3v) is 12.5. The highest BCUT2D eigenvalue weighted by Gasteiger charge is 2.19. The van der Waals surface area contributed by atoms with Crippen molar-refractivity contribution in [3.8, 4) is 0 Å². The summed E-state index contributed by atoms with van der Waals surface area (Å²) >= 11 is 0. The van der Waals surface area contributed by atoms with Gasteiger partial charge in [0.15, 0.2) is 6.10 Å². The molecule has 0 bridgehead atoms. The SMILES string of the molecule is CCCCCCCCCCCCCCCCCC(=O)OC[C@H](COC(=O)CCCCCCCCCCCCCCC(C)C)OC(=O)CCCCCCCCCCCCCCC. The van der Waals surface area contributed by atoms with Crippen molar-refractivity contribution < 1.29 is 28.6 Å². The minimum Gasteiger partial charge on any atom is -0.462 e. The number of carbonyl (C=O) groups excluding carboxylic acids is 3. The molecule has 6 nitrogen and oxygen atoms in total. The average molecular weight is 863 g/mol. The fourth-order valence-electron chi connectivity index (χ4n) is 8.39. The van der Waals surface area contributed by atoms with Gasteiger partial charge in [0, 0.05) is 19.3 Å². The molecular weight excluding hydrogens is 757 g/mol. The second-order valence-corrected chi connectivity index (χ2v) is 19.3. The quantitative estimate of drug-likeness (QED) is 0.0344. The van der Waals surface area contributed by atoms with Gasteiger partial charge in [-0.3, -0.25) is 14.4 Å². The van der Waals surface area contributed by atoms with Gasteiger partial charge in [0.1, 0.15) is 13.2 Å². The lowest BCUT2D eigenvalue weighted by Gasteiger charge is -2.18. The Hall–Kier alpha value is -1.59. The molecular formula is C55H106O6. The summed E-state index contributed by atoms with van der Waals surface area (Å²) < 4.78 is 16.8. The second kappa shape index (κ2) is 49.4. The third kappa shape index (κ3) is 49.3. The molecule has 0 aliphatic carbocycles. The minimum atomic E-state index is -0.761. The van der Waals surface area contributed by atoms with Crippen LogP contribution in [0.25, 0.3) is 0 Å². The van der Waals surface area contributed by atoms with Gasteiger partial charge in [-0.25, -0.2) is 0 Å². The maximum absolute atomic E-state index is 12.8. The summed E-state index contributed by atoms with van der Waals surface area (Å²) in [6.45, 7) is 9.04. The van der Waals surface area contributed by atoms with Crippen molar-refractivity contribution in [2.75, 3.05) is 13.2 Å². The normalized spacial score (nSPS) is 12.0. The number of hydrogen-bond acceptors (Lipinski definition) is 6. The van der Waals surface area contributed by atoms with Gasteiger partial charge in [-0.15, -0.1) is 0 Å². The van der Waals surface area contributed by atoms with E-state index in [0.29, 0.717) is 19.3 Å². The molecule has 0 aliphatic heterocycles. The summed E-state index contributed by atoms with van der Waals surface area (Å²) in [4.78, 5) is 38.0. The zero-order valence-electron chi connectivity index (χ0n) is 41.6. The van der Waals surface area contributed by atoms with E-state index in [4.69, 9.17) is 14.2 Å². The van der Waals surface area contributed by atoms with Crippen LogP contribution in [-0.2, 0) is 28.6 Å². The first-order valence-corrected chi connectivity index (χ1v) is 27.4. The number of ether oxygens (including phenoxy) is 3. The molecule has 0 saturated heterocycles. The third-order valence-electron chi connectivity index (χ3n) is 12.5. The molecule has 0 radical (unpaired) electrons. The van der Waals surface area contributed by atoms with E-state index in [1.807, 2.05) is 0 Å². The summed E-state index contributed by atoms with van der Waals surface area (Å²) in [5.74, 6) is -0.00537. The van der Waals surface area contributed by atoms with E-state index >= 15 is 0 Å². The van der Waals surface area contributed by atoms with E-state index in [-0.39, 0.29) is 31.1 Å². The van der Waals surface area contributed by atoms with Crippen LogP contribution in [0.15, 0.2) is 0 Å². The molecule has 0 aromatic heterocycles. The molecule has 1 atom stereocenters. The fourth-order valence-corrected chi connectivity index (χ4v) is 8.39. The van der Waals surface area contributed by atoms with Crippen molar-refractivity contribution in [3.05, 3.63) is 0 Å². The maximum Gasteiger partial charge on any atom is 0.306 e. The van der Waals surface area contributed by atoms with E-state index in [9.17, 15) is 14.4 Å². The van der Waals surface area contributed by atoms with Crippen LogP contribution in [-0.4, -0.2) is 37.2 Å². The molecule has 0 amide bonds. The van der Waals surface area contributed by atoms with Gasteiger partial charge in [-0.2, -0.15) is 0 Å². The lowest BCUT2D eigenvalue weighted by atomic mass is 10.0. The summed E-state index contributed by atoms with van der Waals surface area (Å²) in [6, 6.07) is 0. The molecule has 6 heteroatoms. The van der Waals surface area contributed by atoms with Crippen molar-refractivity contribution in [2.24, 2.45) is 5.92 Å². The fraction of sp³-hybridized carbons (Fsp3) is 0.945. The predicted octanol–water partition coefficient (Wildman–Crippen LogP) is 17.8. The number of unbranched alkanes of at least 4 members (excludes halogenated alkanes) is 37. The Morgan fingerprint density at radius 2 is 0.541 bits per heavy atom. The van der Waals surface area contributed by atoms with Crippen LogP contribution < -0.4 is 0 Å². The van der Waals surface area contributed by atoms with E-state index in [1.54, 1.807) is 0 Å². The Bertz CT molecular complexity index is 918. The Labute approximate surface area is 380 Å². The van der Waals surface area contributed by atoms with E-state index < -0.39 is 6.10 Å². The molecule has 0 aromatic carbocycles. The summed E-state index contributed by atoms with van der Waals surface area (Å²) in [7, 11) is 0. The number of hydrogen-bond donors (Lipinski definition) is 0. The highest BCUT2D eigenvalue weighted by atomic mass is 16.6. The van der Waals surface area contributed by atoms with Crippen LogP contribution in [0.4, 0.5) is 0 Å². The van der Waals surface area contributed by atoms with Crippen molar-refractivity contribution >= 4 is 17.9 Å². The highest BCUT2D eigenvalue weighted by molar-refractivity contribution is 5.71. The highest BCUT2D eigenvalue weighted by Crippen LogP contribution is 2.17. The van der Waals surface area contributed by atoms with Gasteiger partial charge >= 0.3 is 17.9 Å². The molecule has 0 fully saturated rings. The Balaban J connectivity index is 4.30. The van der Waals surface area contributed by atoms with Crippen LogP contribution >= 0.6 is 0 Å². The summed E-state index contributed by atoms with van der Waals surface area (Å²) in [5, 5.41) is 0. The monoisotopic (exact) mass is 863 g/mol. The first-order valence-electron chi connectivity index (χ1n) is 27.4. The smallest absolute Gasteiger partial charge is 0.306 e. The zero-order chi connectivity index (χ0) is 44.5. The van der Waals surface area contributed by atoms with Gasteiger partial charge in [0.2, 0.25) is 0 Å². The molecule has 0 heterocycles. The van der Waals surface area contributed by atoms with E-state index in [0.717, 1.165) is 63.7 Å². The Morgan fingerprint density at radius 1 is 0.311 bits per heavy atom. The molecule has 0 N–H and O–H groups in total. The minimum absolute atomic E-state index is 0.0622. The van der Waals surface area contributed by atoms with Crippen molar-refractivity contribution in [1.29, 1.82) is 0 Å². The summed E-state index contributed by atoms with van der Waals surface area (Å²) in [6.07, 6.45) is 52.3. The molecule has 0 spiro atoms. The van der Waals surface area contributed by atoms with Crippen molar-refractivity contribution in [3.63, 3.8) is 0 Å². The number of rotatable bonds is 50. The molecule has 0 aliphatic rings. The van der Waals surface area contributed by atoms with Gasteiger partial charge < -0.3 is 14.2 Å². The molecule has 0 saturated carbocycles. The van der Waals surface area contributed by atoms with Gasteiger partial charge in [-0.05, 0) is 25.2 Å². The van der Waals surface area contributed by atoms with Crippen LogP contribution in [0, 0.1) is 5.92 Å². The topological polar surface area (TPSA) is 78.9 Å². The zero-order valence-corrected chi connectivity index (χ0v) is 41.6. The van der Waals surface area contributed by atoms with Crippen molar-refractivity contribution in [1.82, 2.24) is 0 Å². The Morgan fingerprint density at radius 3 is 0.803 bits per heavy atom. The van der Waals surface area contributed by atoms with Crippen LogP contribution in [0.1, 0.15) is 310 Å². The van der Waals surface area contributed by atoms with E-state index in [1.165, 1.54) is 205 Å². The standard InChI is InChI=1S/C55H106O6/c1-5-7-9-11-13-15-17-19-20-22-26-30-34-38-42-46-53(56)59-49-52(61-55(58)48-44-40-36-32-28-21-18-16-14-12-10-8-6-2)50-60-54(57)47-43-39-35-31-27-24-23-25-29-33-37-41-45-51(3)4/h51-52H,5-50H2,1-4H3/t52-/m1/s1. The first-order chi connectivity index (χ1) is 29.9. The van der Waals surface area contributed by atoms with Gasteiger partial charge in [-0.1, -0.05) is 272 Å². The Kier molecular flexibility index (Phi) is 48.1. The second-order valence-electron chi connectivity index (χ2n) is 19.3. The first kappa shape index (κ1) is 59.4. The largest absolute Gasteiger partial charge is 0.462 e. The van der Waals surface area contributed by atoms with Crippen LogP contribution in [0.2, 0.25) is 0 Å². The number of carbonyl (C=O) groups is 3. The predicted molar refractivity (Wildman–Crippen MR) is 261 cm³/mol. The molecule has 0 unspecified atom stereocenters. The van der Waals surface area contributed by atoms with Gasteiger partial charge in [0.05, 0.1) is 0 Å². The number of esters is 3. The average Bonchev–Trinajstić information content (AvgIpc) is 3.24. The van der Waals surface area contributed by atoms with Crippen molar-refractivity contribution in [2.45, 2.75) is 316 Å². The molecule has 0 rings (SSSR count). The van der Waals surface area contributed by atoms with Crippen LogP contribution in [0.5, 0.6) is 0 Å². The van der Waals surface area contributed by atoms with E-state index in [2.05, 4.69) is 27.7 Å². The molecule has 0 aromatic rings. The van der Waals surface area contributed by atoms with Gasteiger partial charge in [0.25, 0.3) is 0 Å². The maximum atomic E-state index is 12.8. The van der Waals surface area contributed by atoms with Crippen LogP contribution in [0.3, 0.4) is 0 Å². The lowest BCUT2D eigenvalue weighted by molar-refractivity contribution is -0.167. The lowest BCUT2D eigenvalue weighted by Crippen LogP contribution is -2.30.